The average molecular weight is 578 g/mol. The van der Waals surface area contributed by atoms with E-state index in [0.717, 1.165) is 28.3 Å². The summed E-state index contributed by atoms with van der Waals surface area (Å²) in [6, 6.07) is 18.8. The molecule has 6 nitrogen and oxygen atoms in total. The predicted molar refractivity (Wildman–Crippen MR) is 151 cm³/mol. The molecular weight excluding hydrogens is 551 g/mol. The van der Waals surface area contributed by atoms with Crippen LogP contribution in [0, 0.1) is 24.2 Å². The molecule has 0 unspecified atom stereocenters. The number of nitriles is 1. The summed E-state index contributed by atoms with van der Waals surface area (Å²) in [6.07, 6.45) is -3.64. The van der Waals surface area contributed by atoms with Gasteiger partial charge in [0.15, 0.2) is 5.13 Å². The minimum Gasteiger partial charge on any atom is -0.488 e. The molecular formula is C31H26F3N3O3S. The fourth-order valence-electron chi connectivity index (χ4n) is 4.89. The maximum Gasteiger partial charge on any atom is 0.419 e. The number of aryl methyl sites for hydroxylation is 1. The normalized spacial score (nSPS) is 14.1. The molecule has 1 aliphatic rings. The summed E-state index contributed by atoms with van der Waals surface area (Å²) in [6.45, 7) is 2.85. The number of aromatic nitrogens is 1. The van der Waals surface area contributed by atoms with Gasteiger partial charge in [0.05, 0.1) is 28.8 Å². The molecule has 10 heteroatoms. The molecule has 1 aliphatic heterocycles. The van der Waals surface area contributed by atoms with Crippen molar-refractivity contribution in [3.8, 4) is 34.2 Å². The van der Waals surface area contributed by atoms with Crippen LogP contribution in [0.2, 0.25) is 0 Å². The van der Waals surface area contributed by atoms with E-state index in [4.69, 9.17) is 10.00 Å². The van der Waals surface area contributed by atoms with Crippen LogP contribution in [0.25, 0.3) is 22.4 Å². The number of benzene rings is 3. The first-order valence-electron chi connectivity index (χ1n) is 13.0. The van der Waals surface area contributed by atoms with Crippen molar-refractivity contribution in [1.29, 1.82) is 5.26 Å². The highest BCUT2D eigenvalue weighted by molar-refractivity contribution is 7.14. The number of aliphatic carboxylic acids is 1. The van der Waals surface area contributed by atoms with Crippen LogP contribution in [0.15, 0.2) is 66.0 Å². The third kappa shape index (κ3) is 6.20. The van der Waals surface area contributed by atoms with E-state index in [0.29, 0.717) is 42.3 Å². The van der Waals surface area contributed by atoms with Crippen molar-refractivity contribution in [2.45, 2.75) is 32.5 Å². The topological polar surface area (TPSA) is 86.5 Å². The number of hydrogen-bond donors (Lipinski definition) is 1. The summed E-state index contributed by atoms with van der Waals surface area (Å²) < 4.78 is 48.1. The molecule has 1 saturated heterocycles. The lowest BCUT2D eigenvalue weighted by Crippen LogP contribution is -2.36. The van der Waals surface area contributed by atoms with E-state index in [2.05, 4.69) is 11.1 Å². The van der Waals surface area contributed by atoms with Gasteiger partial charge >= 0.3 is 12.1 Å². The van der Waals surface area contributed by atoms with E-state index in [1.807, 2.05) is 42.2 Å². The molecule has 0 amide bonds. The first-order valence-corrected chi connectivity index (χ1v) is 13.9. The van der Waals surface area contributed by atoms with Gasteiger partial charge in [-0.2, -0.15) is 18.4 Å². The number of hydrogen-bond acceptors (Lipinski definition) is 6. The molecule has 210 valence electrons. The fourth-order valence-corrected chi connectivity index (χ4v) is 5.77. The van der Waals surface area contributed by atoms with E-state index in [9.17, 15) is 23.1 Å². The summed E-state index contributed by atoms with van der Waals surface area (Å²) in [5.74, 6) is -1.48. The van der Waals surface area contributed by atoms with Crippen LogP contribution < -0.4 is 9.64 Å². The first kappa shape index (κ1) is 28.2. The van der Waals surface area contributed by atoms with Crippen molar-refractivity contribution in [2.75, 3.05) is 18.0 Å². The van der Waals surface area contributed by atoms with Crippen LogP contribution in [-0.4, -0.2) is 29.1 Å². The summed E-state index contributed by atoms with van der Waals surface area (Å²) in [4.78, 5) is 17.9. The Bertz CT molecular complexity index is 1600. The van der Waals surface area contributed by atoms with Crippen molar-refractivity contribution < 1.29 is 27.8 Å². The zero-order chi connectivity index (χ0) is 29.1. The van der Waals surface area contributed by atoms with E-state index in [1.54, 1.807) is 23.6 Å². The Hall–Kier alpha value is -4.36. The van der Waals surface area contributed by atoms with Crippen molar-refractivity contribution in [3.63, 3.8) is 0 Å². The number of anilines is 1. The number of nitrogens with zero attached hydrogens (tertiary/aromatic N) is 3. The Morgan fingerprint density at radius 3 is 2.46 bits per heavy atom. The number of halogens is 3. The third-order valence-electron chi connectivity index (χ3n) is 7.27. The second-order valence-electron chi connectivity index (χ2n) is 9.91. The molecule has 0 atom stereocenters. The Labute approximate surface area is 239 Å². The van der Waals surface area contributed by atoms with Crippen LogP contribution in [-0.2, 0) is 17.6 Å². The van der Waals surface area contributed by atoms with E-state index < -0.39 is 23.6 Å². The standard InChI is InChI=1S/C31H26F3N3O3S/c1-19-15-23(21-7-5-20(16-35)6-8-21)9-10-24(19)17-40-28-25(3-2-4-26(28)31(32,33)34)27-18-41-30(36-27)37-13-11-22(12-14-37)29(38)39/h2-10,15,18,22H,11-14,17H2,1H3,(H,38,39). The van der Waals surface area contributed by atoms with E-state index in [1.165, 1.54) is 17.4 Å². The van der Waals surface area contributed by atoms with Gasteiger partial charge in [0.25, 0.3) is 0 Å². The first-order chi connectivity index (χ1) is 19.6. The van der Waals surface area contributed by atoms with Crippen LogP contribution in [0.3, 0.4) is 0 Å². The highest BCUT2D eigenvalue weighted by Crippen LogP contribution is 2.43. The number of piperidine rings is 1. The maximum absolute atomic E-state index is 14.1. The highest BCUT2D eigenvalue weighted by Gasteiger charge is 2.36. The lowest BCUT2D eigenvalue weighted by molar-refractivity contribution is -0.142. The van der Waals surface area contributed by atoms with E-state index >= 15 is 0 Å². The Kier molecular flexibility index (Phi) is 7.99. The lowest BCUT2D eigenvalue weighted by Gasteiger charge is -2.29. The van der Waals surface area contributed by atoms with Crippen LogP contribution in [0.5, 0.6) is 5.75 Å². The molecule has 1 N–H and O–H groups in total. The van der Waals surface area contributed by atoms with Crippen LogP contribution in [0.4, 0.5) is 18.3 Å². The molecule has 0 bridgehead atoms. The molecule has 1 fully saturated rings. The van der Waals surface area contributed by atoms with Crippen LogP contribution in [0.1, 0.15) is 35.1 Å². The number of ether oxygens (including phenoxy) is 1. The minimum atomic E-state index is -4.63. The van der Waals surface area contributed by atoms with Crippen molar-refractivity contribution >= 4 is 22.4 Å². The average Bonchev–Trinajstić information content (AvgIpc) is 3.46. The van der Waals surface area contributed by atoms with Gasteiger partial charge in [0, 0.05) is 24.0 Å². The van der Waals surface area contributed by atoms with Gasteiger partial charge in [-0.05, 0) is 66.3 Å². The summed E-state index contributed by atoms with van der Waals surface area (Å²) in [5.41, 5.74) is 3.76. The number of rotatable bonds is 7. The molecule has 0 spiro atoms. The Morgan fingerprint density at radius 2 is 1.83 bits per heavy atom. The van der Waals surface area contributed by atoms with Gasteiger partial charge in [-0.1, -0.05) is 36.4 Å². The molecule has 4 aromatic rings. The van der Waals surface area contributed by atoms with Crippen molar-refractivity contribution in [3.05, 3.63) is 88.3 Å². The largest absolute Gasteiger partial charge is 0.488 e. The quantitative estimate of drug-likeness (QED) is 0.244. The minimum absolute atomic E-state index is 0.0702. The van der Waals surface area contributed by atoms with Gasteiger partial charge < -0.3 is 14.7 Å². The summed E-state index contributed by atoms with van der Waals surface area (Å²) in [7, 11) is 0. The van der Waals surface area contributed by atoms with Gasteiger partial charge in [0.2, 0.25) is 0 Å². The summed E-state index contributed by atoms with van der Waals surface area (Å²) >= 11 is 1.31. The third-order valence-corrected chi connectivity index (χ3v) is 8.17. The Balaban J connectivity index is 1.39. The lowest BCUT2D eigenvalue weighted by atomic mass is 9.97. The monoisotopic (exact) mass is 577 g/mol. The molecule has 1 aromatic heterocycles. The number of alkyl halides is 3. The van der Waals surface area contributed by atoms with Crippen molar-refractivity contribution in [1.82, 2.24) is 4.98 Å². The van der Waals surface area contributed by atoms with Gasteiger partial charge in [-0.25, -0.2) is 4.98 Å². The fraction of sp³-hybridized carbons (Fsp3) is 0.258. The zero-order valence-electron chi connectivity index (χ0n) is 22.1. The van der Waals surface area contributed by atoms with Gasteiger partial charge in [-0.3, -0.25) is 4.79 Å². The molecule has 0 aliphatic carbocycles. The Morgan fingerprint density at radius 1 is 1.12 bits per heavy atom. The second kappa shape index (κ2) is 11.6. The number of para-hydroxylation sites is 1. The molecule has 5 rings (SSSR count). The molecule has 0 saturated carbocycles. The van der Waals surface area contributed by atoms with E-state index in [-0.39, 0.29) is 17.9 Å². The van der Waals surface area contributed by atoms with Gasteiger partial charge in [0.1, 0.15) is 12.4 Å². The smallest absolute Gasteiger partial charge is 0.419 e. The summed E-state index contributed by atoms with van der Waals surface area (Å²) in [5, 5.41) is 20.6. The SMILES string of the molecule is Cc1cc(-c2ccc(C#N)cc2)ccc1COc1c(-c2csc(N3CCC(C(=O)O)CC3)n2)cccc1C(F)(F)F. The molecule has 2 heterocycles. The highest BCUT2D eigenvalue weighted by atomic mass is 32.1. The zero-order valence-corrected chi connectivity index (χ0v) is 22.9. The molecule has 3 aromatic carbocycles. The number of carbonyl (C=O) groups is 1. The molecule has 41 heavy (non-hydrogen) atoms. The molecule has 0 radical (unpaired) electrons. The van der Waals surface area contributed by atoms with Gasteiger partial charge in [-0.15, -0.1) is 11.3 Å². The number of carboxylic acids is 1. The van der Waals surface area contributed by atoms with Crippen LogP contribution >= 0.6 is 11.3 Å². The van der Waals surface area contributed by atoms with Crippen molar-refractivity contribution in [2.24, 2.45) is 5.92 Å². The second-order valence-corrected chi connectivity index (χ2v) is 10.8. The number of thiazole rings is 1. The maximum atomic E-state index is 14.1. The number of carboxylic acid groups (broad SMARTS) is 1. The predicted octanol–water partition coefficient (Wildman–Crippen LogP) is 7.56.